The average Bonchev–Trinajstić information content (AvgIpc) is 3.66. The van der Waals surface area contributed by atoms with E-state index in [0.717, 1.165) is 0 Å². The SMILES string of the molecule is CC(C)C(O)/C=C/C(C)(O[C@@H]1O[C@H](CO)C(O)[C@H](O)C1O)C1CCC2(C)C1C(O)CC1C3(C)CCC(O)C(C)(C)C3C(O[C@@H]3O[C@H](CO)C(O)[C@H](O)C3O[C@@H]3OC(C)[C@H](O)C(O)C3O)CC12C. The van der Waals surface area contributed by atoms with Gasteiger partial charge in [0, 0.05) is 0 Å². The van der Waals surface area contributed by atoms with Gasteiger partial charge in [0.1, 0.15) is 67.1 Å². The van der Waals surface area contributed by atoms with E-state index in [1.54, 1.807) is 19.1 Å². The molecular formula is C48H82O19. The van der Waals surface area contributed by atoms with E-state index in [1.165, 1.54) is 6.92 Å². The lowest BCUT2D eigenvalue weighted by Crippen LogP contribution is -2.71. The van der Waals surface area contributed by atoms with Gasteiger partial charge < -0.3 is 94.8 Å². The summed E-state index contributed by atoms with van der Waals surface area (Å²) in [6.07, 6.45) is -20.2. The second kappa shape index (κ2) is 19.4. The first-order valence-electron chi connectivity index (χ1n) is 24.5. The van der Waals surface area contributed by atoms with Crippen molar-refractivity contribution in [1.82, 2.24) is 0 Å². The number of aliphatic hydroxyl groups excluding tert-OH is 13. The van der Waals surface area contributed by atoms with Crippen LogP contribution in [0, 0.1) is 51.2 Å². The number of aliphatic hydroxyl groups is 13. The Morgan fingerprint density at radius 3 is 1.88 bits per heavy atom. The van der Waals surface area contributed by atoms with Crippen LogP contribution in [-0.4, -0.2) is 202 Å². The Morgan fingerprint density at radius 1 is 0.687 bits per heavy atom. The Balaban J connectivity index is 1.28. The van der Waals surface area contributed by atoms with E-state index < -0.39 is 175 Å². The van der Waals surface area contributed by atoms with E-state index in [2.05, 4.69) is 20.8 Å². The third-order valence-corrected chi connectivity index (χ3v) is 18.7. The second-order valence-corrected chi connectivity index (χ2v) is 23.2. The minimum absolute atomic E-state index is 0.139. The molecule has 27 atom stereocenters. The molecule has 67 heavy (non-hydrogen) atoms. The van der Waals surface area contributed by atoms with Crippen molar-refractivity contribution in [3.8, 4) is 0 Å². The van der Waals surface area contributed by atoms with Crippen LogP contribution in [0.25, 0.3) is 0 Å². The molecule has 4 aliphatic carbocycles. The lowest BCUT2D eigenvalue weighted by molar-refractivity contribution is -0.382. The predicted octanol–water partition coefficient (Wildman–Crippen LogP) is -1.20. The van der Waals surface area contributed by atoms with Crippen molar-refractivity contribution in [2.75, 3.05) is 13.2 Å². The maximum absolute atomic E-state index is 12.7. The Morgan fingerprint density at radius 2 is 1.27 bits per heavy atom. The van der Waals surface area contributed by atoms with Gasteiger partial charge in [0.2, 0.25) is 0 Å². The summed E-state index contributed by atoms with van der Waals surface area (Å²) in [6.45, 7) is 16.1. The largest absolute Gasteiger partial charge is 0.394 e. The molecule has 0 amide bonds. The Labute approximate surface area is 393 Å². The zero-order chi connectivity index (χ0) is 49.7. The first-order chi connectivity index (χ1) is 31.1. The molecule has 3 saturated heterocycles. The Bertz CT molecular complexity index is 1720. The van der Waals surface area contributed by atoms with Gasteiger partial charge in [-0.25, -0.2) is 0 Å². The highest BCUT2D eigenvalue weighted by Gasteiger charge is 2.74. The lowest BCUT2D eigenvalue weighted by atomic mass is 9.34. The highest BCUT2D eigenvalue weighted by atomic mass is 16.8. The van der Waals surface area contributed by atoms with Gasteiger partial charge in [-0.15, -0.1) is 0 Å². The van der Waals surface area contributed by atoms with Gasteiger partial charge in [-0.1, -0.05) is 60.6 Å². The molecule has 19 unspecified atom stereocenters. The van der Waals surface area contributed by atoms with Crippen LogP contribution in [0.2, 0.25) is 0 Å². The van der Waals surface area contributed by atoms with Crippen molar-refractivity contribution in [2.45, 2.75) is 223 Å². The van der Waals surface area contributed by atoms with E-state index in [9.17, 15) is 66.4 Å². The molecule has 0 bridgehead atoms. The standard InChI is InChI=1S/C48H82O19/c1-20(2)23(51)11-15-48(9,67-42-38(61)35(58)32(55)26(18-49)64-42)22-10-14-46(7)30(22)24(52)16-28-45(6)13-12-29(53)44(4,5)40(45)25(17-47(28,46)8)63-43-39(36(59)33(56)27(19-50)65-43)66-41-37(60)34(57)31(54)21(3)62-41/h11,15,20-43,49-61H,10,12-14,16-19H2,1-9H3/b15-11+/t21?,22?,23?,24?,25?,26-,27-,28?,29?,30?,31+,32?,33?,34?,35+,36+,37?,38?,39?,40?,41+,42+,43-,45?,46?,47?,48?/m1/s1. The van der Waals surface area contributed by atoms with E-state index >= 15 is 0 Å². The summed E-state index contributed by atoms with van der Waals surface area (Å²) in [4.78, 5) is 0. The minimum atomic E-state index is -1.77. The lowest BCUT2D eigenvalue weighted by Gasteiger charge is -2.72. The van der Waals surface area contributed by atoms with Crippen molar-refractivity contribution in [3.63, 3.8) is 0 Å². The average molecular weight is 963 g/mol. The summed E-state index contributed by atoms with van der Waals surface area (Å²) in [5, 5.41) is 143. The van der Waals surface area contributed by atoms with E-state index in [4.69, 9.17) is 28.4 Å². The van der Waals surface area contributed by atoms with Crippen LogP contribution in [0.4, 0.5) is 0 Å². The van der Waals surface area contributed by atoms with Crippen molar-refractivity contribution < 1.29 is 94.8 Å². The van der Waals surface area contributed by atoms with Crippen molar-refractivity contribution in [2.24, 2.45) is 51.2 Å². The smallest absolute Gasteiger partial charge is 0.187 e. The maximum Gasteiger partial charge on any atom is 0.187 e. The third kappa shape index (κ3) is 8.92. The molecule has 7 aliphatic rings. The zero-order valence-electron chi connectivity index (χ0n) is 40.4. The van der Waals surface area contributed by atoms with Crippen LogP contribution in [0.3, 0.4) is 0 Å². The van der Waals surface area contributed by atoms with E-state index in [1.807, 2.05) is 27.7 Å². The molecular weight excluding hydrogens is 881 g/mol. The number of fused-ring (bicyclic) bond motifs is 5. The first kappa shape index (κ1) is 53.8. The van der Waals surface area contributed by atoms with Crippen LogP contribution < -0.4 is 0 Å². The van der Waals surface area contributed by atoms with Gasteiger partial charge >= 0.3 is 0 Å². The van der Waals surface area contributed by atoms with Crippen LogP contribution in [0.15, 0.2) is 12.2 Å². The fourth-order valence-electron chi connectivity index (χ4n) is 14.6. The van der Waals surface area contributed by atoms with Gasteiger partial charge in [0.15, 0.2) is 18.9 Å². The molecule has 7 fully saturated rings. The summed E-state index contributed by atoms with van der Waals surface area (Å²) < 4.78 is 37.8. The summed E-state index contributed by atoms with van der Waals surface area (Å²) in [6, 6.07) is 0. The molecule has 3 heterocycles. The first-order valence-corrected chi connectivity index (χ1v) is 24.5. The van der Waals surface area contributed by atoms with Crippen LogP contribution in [-0.2, 0) is 28.4 Å². The molecule has 0 spiro atoms. The molecule has 4 saturated carbocycles. The minimum Gasteiger partial charge on any atom is -0.394 e. The van der Waals surface area contributed by atoms with Gasteiger partial charge in [0.25, 0.3) is 0 Å². The van der Waals surface area contributed by atoms with Crippen molar-refractivity contribution >= 4 is 0 Å². The highest BCUT2D eigenvalue weighted by Crippen LogP contribution is 2.76. The fraction of sp³-hybridized carbons (Fsp3) is 0.958. The van der Waals surface area contributed by atoms with Crippen molar-refractivity contribution in [1.29, 1.82) is 0 Å². The number of ether oxygens (including phenoxy) is 6. The molecule has 7 rings (SSSR count). The van der Waals surface area contributed by atoms with Gasteiger partial charge in [-0.05, 0) is 104 Å². The molecule has 19 nitrogen and oxygen atoms in total. The monoisotopic (exact) mass is 963 g/mol. The Hall–Kier alpha value is -1.02. The molecule has 0 aromatic heterocycles. The van der Waals surface area contributed by atoms with Crippen LogP contribution in [0.5, 0.6) is 0 Å². The number of hydrogen-bond donors (Lipinski definition) is 13. The van der Waals surface area contributed by atoms with Crippen LogP contribution >= 0.6 is 0 Å². The summed E-state index contributed by atoms with van der Waals surface area (Å²) in [5.41, 5.74) is -4.07. The highest BCUT2D eigenvalue weighted by molar-refractivity contribution is 5.23. The third-order valence-electron chi connectivity index (χ3n) is 18.7. The second-order valence-electron chi connectivity index (χ2n) is 23.2. The topological polar surface area (TPSA) is 318 Å². The van der Waals surface area contributed by atoms with Crippen LogP contribution in [0.1, 0.15) is 101 Å². The van der Waals surface area contributed by atoms with E-state index in [-0.39, 0.29) is 11.8 Å². The molecule has 13 N–H and O–H groups in total. The fourth-order valence-corrected chi connectivity index (χ4v) is 14.6. The van der Waals surface area contributed by atoms with Gasteiger partial charge in [0.05, 0.1) is 49.3 Å². The molecule has 0 aromatic rings. The summed E-state index contributed by atoms with van der Waals surface area (Å²) in [5.74, 6) is -1.69. The molecule has 3 aliphatic heterocycles. The maximum atomic E-state index is 12.7. The van der Waals surface area contributed by atoms with E-state index in [0.29, 0.717) is 38.5 Å². The van der Waals surface area contributed by atoms with Gasteiger partial charge in [-0.2, -0.15) is 0 Å². The molecule has 388 valence electrons. The molecule has 0 aromatic carbocycles. The number of rotatable bonds is 12. The molecule has 0 radical (unpaired) electrons. The summed E-state index contributed by atoms with van der Waals surface area (Å²) >= 11 is 0. The summed E-state index contributed by atoms with van der Waals surface area (Å²) in [7, 11) is 0. The van der Waals surface area contributed by atoms with Crippen molar-refractivity contribution in [3.05, 3.63) is 12.2 Å². The quantitative estimate of drug-likeness (QED) is 0.0807. The number of hydrogen-bond acceptors (Lipinski definition) is 19. The zero-order valence-corrected chi connectivity index (χ0v) is 40.4. The predicted molar refractivity (Wildman–Crippen MR) is 235 cm³/mol. The normalized spacial score (nSPS) is 53.7. The van der Waals surface area contributed by atoms with Gasteiger partial charge in [-0.3, -0.25) is 0 Å². The molecule has 19 heteroatoms. The Kier molecular flexibility index (Phi) is 15.6.